The molecule has 2 rings (SSSR count). The van der Waals surface area contributed by atoms with Crippen LogP contribution in [0.15, 0.2) is 24.5 Å². The minimum absolute atomic E-state index is 0.408. The molecule has 0 aliphatic heterocycles. The number of phenolic OH excluding ortho intramolecular Hbond substituents is 1. The summed E-state index contributed by atoms with van der Waals surface area (Å²) in [5.74, 6) is 1.44. The van der Waals surface area contributed by atoms with Crippen LogP contribution in [0, 0.1) is 13.8 Å². The van der Waals surface area contributed by atoms with Gasteiger partial charge < -0.3 is 14.6 Å². The first-order valence-electron chi connectivity index (χ1n) is 7.99. The number of phenols is 1. The number of aromatic nitrogens is 2. The van der Waals surface area contributed by atoms with Crippen LogP contribution in [0.2, 0.25) is 0 Å². The van der Waals surface area contributed by atoms with E-state index in [0.717, 1.165) is 43.1 Å². The standard InChI is InChI=1S/C18H28N4O/c1-14-10-15(2)18(23)16(11-14)12-22(9-8-20(3)4)13-17-19-6-7-21(17)5/h6-7,10-11,23H,8-9,12-13H2,1-5H3. The average molecular weight is 316 g/mol. The van der Waals surface area contributed by atoms with Crippen molar-refractivity contribution >= 4 is 0 Å². The Morgan fingerprint density at radius 3 is 2.48 bits per heavy atom. The Kier molecular flexibility index (Phi) is 5.80. The van der Waals surface area contributed by atoms with E-state index in [9.17, 15) is 5.11 Å². The third-order valence-electron chi connectivity index (χ3n) is 4.07. The molecule has 0 unspecified atom stereocenters. The third-order valence-corrected chi connectivity index (χ3v) is 4.07. The van der Waals surface area contributed by atoms with Gasteiger partial charge in [0, 0.05) is 44.6 Å². The van der Waals surface area contributed by atoms with Crippen molar-refractivity contribution < 1.29 is 5.11 Å². The number of likely N-dealkylation sites (N-methyl/N-ethyl adjacent to an activating group) is 1. The summed E-state index contributed by atoms with van der Waals surface area (Å²) in [5.41, 5.74) is 3.10. The summed E-state index contributed by atoms with van der Waals surface area (Å²) in [7, 11) is 6.17. The first-order valence-corrected chi connectivity index (χ1v) is 7.99. The highest BCUT2D eigenvalue weighted by molar-refractivity contribution is 5.42. The molecule has 126 valence electrons. The minimum Gasteiger partial charge on any atom is -0.507 e. The van der Waals surface area contributed by atoms with Gasteiger partial charge >= 0.3 is 0 Å². The molecule has 2 aromatic rings. The van der Waals surface area contributed by atoms with Gasteiger partial charge in [0.15, 0.2) is 0 Å². The number of aryl methyl sites for hydroxylation is 3. The third kappa shape index (κ3) is 4.81. The second kappa shape index (κ2) is 7.62. The van der Waals surface area contributed by atoms with Crippen molar-refractivity contribution in [3.63, 3.8) is 0 Å². The molecule has 5 heteroatoms. The van der Waals surface area contributed by atoms with E-state index in [1.165, 1.54) is 5.56 Å². The molecule has 0 amide bonds. The molecule has 0 saturated carbocycles. The zero-order valence-corrected chi connectivity index (χ0v) is 14.9. The molecule has 0 aliphatic carbocycles. The first kappa shape index (κ1) is 17.5. The lowest BCUT2D eigenvalue weighted by molar-refractivity contribution is 0.217. The van der Waals surface area contributed by atoms with Gasteiger partial charge in [0.05, 0.1) is 6.54 Å². The van der Waals surface area contributed by atoms with Gasteiger partial charge in [-0.25, -0.2) is 4.98 Å². The van der Waals surface area contributed by atoms with E-state index in [4.69, 9.17) is 0 Å². The van der Waals surface area contributed by atoms with Crippen molar-refractivity contribution in [3.05, 3.63) is 47.0 Å². The molecule has 0 saturated heterocycles. The van der Waals surface area contributed by atoms with Crippen LogP contribution in [0.4, 0.5) is 0 Å². The summed E-state index contributed by atoms with van der Waals surface area (Å²) in [5, 5.41) is 10.4. The zero-order chi connectivity index (χ0) is 17.0. The van der Waals surface area contributed by atoms with Gasteiger partial charge in [-0.3, -0.25) is 4.90 Å². The fourth-order valence-electron chi connectivity index (χ4n) is 2.71. The number of benzene rings is 1. The Balaban J connectivity index is 2.18. The lowest BCUT2D eigenvalue weighted by Gasteiger charge is -2.24. The van der Waals surface area contributed by atoms with Gasteiger partial charge in [-0.1, -0.05) is 17.7 Å². The Morgan fingerprint density at radius 1 is 1.13 bits per heavy atom. The number of rotatable bonds is 7. The largest absolute Gasteiger partial charge is 0.507 e. The fraction of sp³-hybridized carbons (Fsp3) is 0.500. The van der Waals surface area contributed by atoms with Gasteiger partial charge in [-0.15, -0.1) is 0 Å². The predicted octanol–water partition coefficient (Wildman–Crippen LogP) is 2.31. The second-order valence-electron chi connectivity index (χ2n) is 6.56. The van der Waals surface area contributed by atoms with E-state index >= 15 is 0 Å². The Bertz CT molecular complexity index is 648. The second-order valence-corrected chi connectivity index (χ2v) is 6.56. The number of aromatic hydroxyl groups is 1. The van der Waals surface area contributed by atoms with E-state index in [1.807, 2.05) is 37.0 Å². The van der Waals surface area contributed by atoms with Crippen LogP contribution in [0.1, 0.15) is 22.5 Å². The molecule has 0 spiro atoms. The molecule has 1 aromatic heterocycles. The molecule has 1 N–H and O–H groups in total. The predicted molar refractivity (Wildman–Crippen MR) is 93.5 cm³/mol. The van der Waals surface area contributed by atoms with E-state index in [1.54, 1.807) is 0 Å². The maximum Gasteiger partial charge on any atom is 0.122 e. The van der Waals surface area contributed by atoms with Crippen LogP contribution >= 0.6 is 0 Å². The number of hydrogen-bond donors (Lipinski definition) is 1. The van der Waals surface area contributed by atoms with Crippen molar-refractivity contribution in [1.82, 2.24) is 19.4 Å². The molecule has 23 heavy (non-hydrogen) atoms. The highest BCUT2D eigenvalue weighted by atomic mass is 16.3. The van der Waals surface area contributed by atoms with Gasteiger partial charge in [0.1, 0.15) is 11.6 Å². The quantitative estimate of drug-likeness (QED) is 0.851. The van der Waals surface area contributed by atoms with Crippen LogP contribution < -0.4 is 0 Å². The SMILES string of the molecule is Cc1cc(C)c(O)c(CN(CCN(C)C)Cc2nccn2C)c1. The molecular formula is C18H28N4O. The van der Waals surface area contributed by atoms with Crippen molar-refractivity contribution in [1.29, 1.82) is 0 Å². The van der Waals surface area contributed by atoms with Crippen LogP contribution in [-0.2, 0) is 20.1 Å². The summed E-state index contributed by atoms with van der Waals surface area (Å²) < 4.78 is 2.05. The van der Waals surface area contributed by atoms with Gasteiger partial charge in [0.25, 0.3) is 0 Å². The maximum absolute atomic E-state index is 10.4. The van der Waals surface area contributed by atoms with Crippen molar-refractivity contribution in [3.8, 4) is 5.75 Å². The molecule has 0 fully saturated rings. The van der Waals surface area contributed by atoms with Crippen molar-refractivity contribution in [2.45, 2.75) is 26.9 Å². The molecule has 1 heterocycles. The van der Waals surface area contributed by atoms with Crippen LogP contribution in [0.5, 0.6) is 5.75 Å². The normalized spacial score (nSPS) is 11.6. The summed E-state index contributed by atoms with van der Waals surface area (Å²) in [6.07, 6.45) is 3.79. The summed E-state index contributed by atoms with van der Waals surface area (Å²) >= 11 is 0. The van der Waals surface area contributed by atoms with Crippen LogP contribution in [0.25, 0.3) is 0 Å². The van der Waals surface area contributed by atoms with E-state index in [2.05, 4.69) is 41.9 Å². The van der Waals surface area contributed by atoms with Crippen LogP contribution in [0.3, 0.4) is 0 Å². The summed E-state index contributed by atoms with van der Waals surface area (Å²) in [4.78, 5) is 8.93. The fourth-order valence-corrected chi connectivity index (χ4v) is 2.71. The minimum atomic E-state index is 0.408. The Hall–Kier alpha value is -1.85. The molecule has 0 atom stereocenters. The topological polar surface area (TPSA) is 44.5 Å². The Labute approximate surface area is 139 Å². The highest BCUT2D eigenvalue weighted by Crippen LogP contribution is 2.25. The van der Waals surface area contributed by atoms with E-state index in [-0.39, 0.29) is 0 Å². The van der Waals surface area contributed by atoms with Crippen LogP contribution in [-0.4, -0.2) is 51.6 Å². The van der Waals surface area contributed by atoms with Crippen molar-refractivity contribution in [2.75, 3.05) is 27.2 Å². The van der Waals surface area contributed by atoms with Gasteiger partial charge in [0.2, 0.25) is 0 Å². The smallest absolute Gasteiger partial charge is 0.122 e. The number of nitrogens with zero attached hydrogens (tertiary/aromatic N) is 4. The number of hydrogen-bond acceptors (Lipinski definition) is 4. The molecular weight excluding hydrogens is 288 g/mol. The molecule has 0 aliphatic rings. The molecule has 1 aromatic carbocycles. The average Bonchev–Trinajstić information content (AvgIpc) is 2.87. The van der Waals surface area contributed by atoms with E-state index < -0.39 is 0 Å². The molecule has 0 bridgehead atoms. The number of imidazole rings is 1. The Morgan fingerprint density at radius 2 is 1.87 bits per heavy atom. The summed E-state index contributed by atoms with van der Waals surface area (Å²) in [6.45, 7) is 7.40. The lowest BCUT2D eigenvalue weighted by Crippen LogP contribution is -2.32. The maximum atomic E-state index is 10.4. The monoisotopic (exact) mass is 316 g/mol. The lowest BCUT2D eigenvalue weighted by atomic mass is 10.1. The van der Waals surface area contributed by atoms with Gasteiger partial charge in [-0.2, -0.15) is 0 Å². The zero-order valence-electron chi connectivity index (χ0n) is 14.9. The summed E-state index contributed by atoms with van der Waals surface area (Å²) in [6, 6.07) is 4.09. The molecule has 0 radical (unpaired) electrons. The molecule has 5 nitrogen and oxygen atoms in total. The first-order chi connectivity index (χ1) is 10.9. The van der Waals surface area contributed by atoms with Crippen molar-refractivity contribution in [2.24, 2.45) is 7.05 Å². The highest BCUT2D eigenvalue weighted by Gasteiger charge is 2.14. The van der Waals surface area contributed by atoms with Gasteiger partial charge in [-0.05, 0) is 33.5 Å². The van der Waals surface area contributed by atoms with E-state index in [0.29, 0.717) is 5.75 Å².